The maximum atomic E-state index is 13.0. The van der Waals surface area contributed by atoms with Crippen molar-refractivity contribution in [2.45, 2.75) is 13.0 Å². The minimum absolute atomic E-state index is 0.0147. The zero-order chi connectivity index (χ0) is 20.4. The van der Waals surface area contributed by atoms with E-state index in [1.54, 1.807) is 32.5 Å². The van der Waals surface area contributed by atoms with Crippen molar-refractivity contribution in [2.24, 2.45) is 0 Å². The molecule has 0 aliphatic carbocycles. The molecular weight excluding hydrogens is 364 g/mol. The van der Waals surface area contributed by atoms with Crippen molar-refractivity contribution >= 4 is 12.4 Å². The van der Waals surface area contributed by atoms with Crippen molar-refractivity contribution in [2.75, 3.05) is 40.4 Å². The smallest absolute Gasteiger partial charge is 0.290 e. The van der Waals surface area contributed by atoms with Crippen LogP contribution in [-0.4, -0.2) is 77.9 Å². The molecule has 0 radical (unpaired) electrons. The second-order valence-electron chi connectivity index (χ2n) is 6.15. The molecule has 2 aromatic rings. The number of hydrogen-bond acceptors (Lipinski definition) is 6. The van der Waals surface area contributed by atoms with Crippen molar-refractivity contribution in [1.29, 1.82) is 0 Å². The average Bonchev–Trinajstić information content (AvgIpc) is 3.11. The molecule has 0 bridgehead atoms. The quantitative estimate of drug-likeness (QED) is 0.745. The van der Waals surface area contributed by atoms with Crippen molar-refractivity contribution < 1.29 is 24.2 Å². The van der Waals surface area contributed by atoms with Gasteiger partial charge in [0.05, 0.1) is 19.8 Å². The van der Waals surface area contributed by atoms with E-state index in [0.717, 1.165) is 38.3 Å². The lowest BCUT2D eigenvalue weighted by molar-refractivity contribution is -0.122. The van der Waals surface area contributed by atoms with Gasteiger partial charge in [0, 0.05) is 44.6 Å². The van der Waals surface area contributed by atoms with Gasteiger partial charge in [0.1, 0.15) is 0 Å². The van der Waals surface area contributed by atoms with E-state index in [2.05, 4.69) is 15.1 Å². The summed E-state index contributed by atoms with van der Waals surface area (Å²) in [7, 11) is 3.13. The molecule has 1 fully saturated rings. The van der Waals surface area contributed by atoms with Gasteiger partial charge < -0.3 is 19.5 Å². The molecule has 0 atom stereocenters. The number of aromatic nitrogens is 2. The molecule has 1 aromatic carbocycles. The molecule has 1 aliphatic heterocycles. The second-order valence-corrected chi connectivity index (χ2v) is 6.15. The molecule has 152 valence electrons. The fraction of sp³-hybridized carbons (Fsp3) is 0.421. The lowest BCUT2D eigenvalue weighted by Crippen LogP contribution is -2.35. The number of ether oxygens (including phenoxy) is 2. The van der Waals surface area contributed by atoms with Crippen molar-refractivity contribution in [3.8, 4) is 11.5 Å². The molecule has 2 N–H and O–H groups in total. The highest BCUT2D eigenvalue weighted by atomic mass is 16.5. The van der Waals surface area contributed by atoms with Gasteiger partial charge in [-0.05, 0) is 24.6 Å². The van der Waals surface area contributed by atoms with E-state index < -0.39 is 0 Å². The summed E-state index contributed by atoms with van der Waals surface area (Å²) in [5.41, 5.74) is 1.64. The lowest BCUT2D eigenvalue weighted by atomic mass is 10.1. The fourth-order valence-electron chi connectivity index (χ4n) is 3.17. The largest absolute Gasteiger partial charge is 0.493 e. The summed E-state index contributed by atoms with van der Waals surface area (Å²) in [4.78, 5) is 25.6. The van der Waals surface area contributed by atoms with Gasteiger partial charge in [-0.15, -0.1) is 0 Å². The molecule has 1 saturated heterocycles. The van der Waals surface area contributed by atoms with E-state index in [0.29, 0.717) is 23.6 Å². The van der Waals surface area contributed by atoms with Gasteiger partial charge in [-0.25, -0.2) is 0 Å². The molecule has 0 spiro atoms. The number of aromatic amines is 1. The predicted octanol–water partition coefficient (Wildman–Crippen LogP) is 1.48. The molecule has 1 aromatic heterocycles. The topological polar surface area (TPSA) is 108 Å². The first-order valence-corrected chi connectivity index (χ1v) is 8.93. The Kier molecular flexibility index (Phi) is 8.29. The predicted molar refractivity (Wildman–Crippen MR) is 103 cm³/mol. The highest BCUT2D eigenvalue weighted by Gasteiger charge is 2.24. The summed E-state index contributed by atoms with van der Waals surface area (Å²) in [5, 5.41) is 13.9. The standard InChI is InChI=1S/C18H24N4O3.CH2O2/c1-24-16-6-3-5-15(17(16)25-2)18(23)22-10-4-9-21(11-12-22)13-14-7-8-19-20-14;2-1-3/h3,5-8H,4,9-13H2,1-2H3,(H,19,20);1H,(H,2,3). The Balaban J connectivity index is 0.000000878. The Morgan fingerprint density at radius 3 is 2.64 bits per heavy atom. The molecule has 3 rings (SSSR count). The van der Waals surface area contributed by atoms with Gasteiger partial charge in [0.15, 0.2) is 11.5 Å². The number of rotatable bonds is 5. The van der Waals surface area contributed by atoms with Gasteiger partial charge in [-0.1, -0.05) is 6.07 Å². The number of carboxylic acid groups (broad SMARTS) is 1. The summed E-state index contributed by atoms with van der Waals surface area (Å²) in [6.07, 6.45) is 2.70. The summed E-state index contributed by atoms with van der Waals surface area (Å²) >= 11 is 0. The van der Waals surface area contributed by atoms with E-state index in [9.17, 15) is 4.79 Å². The number of H-pyrrole nitrogens is 1. The molecule has 9 nitrogen and oxygen atoms in total. The number of para-hydroxylation sites is 1. The van der Waals surface area contributed by atoms with Crippen LogP contribution in [0.4, 0.5) is 0 Å². The highest BCUT2D eigenvalue weighted by molar-refractivity contribution is 5.97. The zero-order valence-electron chi connectivity index (χ0n) is 16.1. The molecule has 1 amide bonds. The van der Waals surface area contributed by atoms with Crippen molar-refractivity contribution in [3.05, 3.63) is 41.7 Å². The van der Waals surface area contributed by atoms with Crippen LogP contribution in [-0.2, 0) is 11.3 Å². The summed E-state index contributed by atoms with van der Waals surface area (Å²) in [6, 6.07) is 7.38. The van der Waals surface area contributed by atoms with E-state index in [1.807, 2.05) is 17.0 Å². The van der Waals surface area contributed by atoms with Crippen LogP contribution in [0, 0.1) is 0 Å². The Morgan fingerprint density at radius 1 is 1.21 bits per heavy atom. The van der Waals surface area contributed by atoms with Crippen LogP contribution in [0.15, 0.2) is 30.5 Å². The molecular formula is C19H26N4O5. The van der Waals surface area contributed by atoms with Crippen LogP contribution in [0.25, 0.3) is 0 Å². The maximum Gasteiger partial charge on any atom is 0.290 e. The lowest BCUT2D eigenvalue weighted by Gasteiger charge is -2.23. The molecule has 0 saturated carbocycles. The SMILES string of the molecule is COc1cccc(C(=O)N2CCCN(Cc3ccn[nH]3)CC2)c1OC.O=CO. The van der Waals surface area contributed by atoms with E-state index in [4.69, 9.17) is 19.4 Å². The second kappa shape index (κ2) is 10.9. The first-order valence-electron chi connectivity index (χ1n) is 8.93. The van der Waals surface area contributed by atoms with Crippen LogP contribution in [0.3, 0.4) is 0 Å². The first kappa shape index (κ1) is 21.2. The number of nitrogens with one attached hydrogen (secondary N) is 1. The van der Waals surface area contributed by atoms with Crippen LogP contribution >= 0.6 is 0 Å². The summed E-state index contributed by atoms with van der Waals surface area (Å²) < 4.78 is 10.7. The Morgan fingerprint density at radius 2 is 2.00 bits per heavy atom. The molecule has 9 heteroatoms. The minimum Gasteiger partial charge on any atom is -0.493 e. The normalized spacial score (nSPS) is 14.4. The Bertz CT molecular complexity index is 751. The number of carbonyl (C=O) groups excluding carboxylic acids is 1. The molecule has 28 heavy (non-hydrogen) atoms. The number of amides is 1. The van der Waals surface area contributed by atoms with Gasteiger partial charge in [-0.3, -0.25) is 19.6 Å². The van der Waals surface area contributed by atoms with Gasteiger partial charge in [0.25, 0.3) is 12.4 Å². The van der Waals surface area contributed by atoms with E-state index in [1.165, 1.54) is 0 Å². The molecule has 0 unspecified atom stereocenters. The Hall–Kier alpha value is -3.07. The Labute approximate surface area is 163 Å². The van der Waals surface area contributed by atoms with Crippen LogP contribution < -0.4 is 9.47 Å². The van der Waals surface area contributed by atoms with Gasteiger partial charge >= 0.3 is 0 Å². The number of hydrogen-bond donors (Lipinski definition) is 2. The van der Waals surface area contributed by atoms with Crippen LogP contribution in [0.2, 0.25) is 0 Å². The third-order valence-corrected chi connectivity index (χ3v) is 4.46. The summed E-state index contributed by atoms with van der Waals surface area (Å²) in [6.45, 7) is 3.78. The fourth-order valence-corrected chi connectivity index (χ4v) is 3.17. The third kappa shape index (κ3) is 5.46. The van der Waals surface area contributed by atoms with Crippen LogP contribution in [0.5, 0.6) is 11.5 Å². The first-order chi connectivity index (χ1) is 13.6. The number of methoxy groups -OCH3 is 2. The van der Waals surface area contributed by atoms with Crippen molar-refractivity contribution in [1.82, 2.24) is 20.0 Å². The summed E-state index contributed by atoms with van der Waals surface area (Å²) in [5.74, 6) is 1.05. The molecule has 1 aliphatic rings. The zero-order valence-corrected chi connectivity index (χ0v) is 16.1. The van der Waals surface area contributed by atoms with E-state index >= 15 is 0 Å². The van der Waals surface area contributed by atoms with Crippen molar-refractivity contribution in [3.63, 3.8) is 0 Å². The maximum absolute atomic E-state index is 13.0. The van der Waals surface area contributed by atoms with E-state index in [-0.39, 0.29) is 12.4 Å². The number of carbonyl (C=O) groups is 2. The van der Waals surface area contributed by atoms with Gasteiger partial charge in [-0.2, -0.15) is 5.10 Å². The minimum atomic E-state index is -0.250. The monoisotopic (exact) mass is 390 g/mol. The molecule has 2 heterocycles. The van der Waals surface area contributed by atoms with Crippen LogP contribution in [0.1, 0.15) is 22.5 Å². The number of benzene rings is 1. The van der Waals surface area contributed by atoms with Gasteiger partial charge in [0.2, 0.25) is 0 Å². The average molecular weight is 390 g/mol. The third-order valence-electron chi connectivity index (χ3n) is 4.46. The highest BCUT2D eigenvalue weighted by Crippen LogP contribution is 2.31. The number of nitrogens with zero attached hydrogens (tertiary/aromatic N) is 3.